The number of rotatable bonds is 8. The largest absolute Gasteiger partial charge is 0.492 e. The maximum absolute atomic E-state index is 12.1. The van der Waals surface area contributed by atoms with Crippen molar-refractivity contribution in [2.24, 2.45) is 0 Å². The normalized spacial score (nSPS) is 15.0. The summed E-state index contributed by atoms with van der Waals surface area (Å²) in [7, 11) is 0. The minimum absolute atomic E-state index is 0.0675. The van der Waals surface area contributed by atoms with Crippen LogP contribution in [0.25, 0.3) is 0 Å². The van der Waals surface area contributed by atoms with Crippen molar-refractivity contribution in [1.29, 1.82) is 0 Å². The van der Waals surface area contributed by atoms with Gasteiger partial charge in [0.2, 0.25) is 0 Å². The van der Waals surface area contributed by atoms with Crippen LogP contribution in [0.4, 0.5) is 5.69 Å². The highest BCUT2D eigenvalue weighted by Crippen LogP contribution is 2.22. The molecular weight excluding hydrogens is 278 g/mol. The van der Waals surface area contributed by atoms with Crippen LogP contribution in [0.5, 0.6) is 5.75 Å². The summed E-state index contributed by atoms with van der Waals surface area (Å²) < 4.78 is 5.42. The second kappa shape index (κ2) is 8.63. The molecule has 122 valence electrons. The molecule has 1 aromatic carbocycles. The molecule has 0 saturated carbocycles. The Morgan fingerprint density at radius 3 is 2.82 bits per heavy atom. The molecule has 0 aliphatic carbocycles. The van der Waals surface area contributed by atoms with E-state index < -0.39 is 0 Å². The van der Waals surface area contributed by atoms with Crippen molar-refractivity contribution in [3.05, 3.63) is 23.8 Å². The molecule has 22 heavy (non-hydrogen) atoms. The third-order valence-electron chi connectivity index (χ3n) is 3.96. The number of carbonyl (C=O) groups excluding carboxylic acids is 1. The maximum atomic E-state index is 12.1. The van der Waals surface area contributed by atoms with Crippen LogP contribution in [-0.2, 0) is 0 Å². The van der Waals surface area contributed by atoms with Crippen molar-refractivity contribution in [3.63, 3.8) is 0 Å². The Bertz CT molecular complexity index is 485. The molecule has 2 rings (SSSR count). The molecule has 1 heterocycles. The predicted octanol–water partition coefficient (Wildman–Crippen LogP) is 2.27. The van der Waals surface area contributed by atoms with E-state index >= 15 is 0 Å². The zero-order valence-electron chi connectivity index (χ0n) is 13.4. The number of anilines is 1. The van der Waals surface area contributed by atoms with Gasteiger partial charge in [0.15, 0.2) is 0 Å². The number of benzene rings is 1. The lowest BCUT2D eigenvalue weighted by Gasteiger charge is -2.14. The monoisotopic (exact) mass is 305 g/mol. The van der Waals surface area contributed by atoms with E-state index in [0.717, 1.165) is 19.4 Å². The van der Waals surface area contributed by atoms with E-state index in [-0.39, 0.29) is 5.91 Å². The summed E-state index contributed by atoms with van der Waals surface area (Å²) in [6.45, 7) is 6.75. The van der Waals surface area contributed by atoms with Crippen LogP contribution in [0.3, 0.4) is 0 Å². The van der Waals surface area contributed by atoms with Crippen LogP contribution in [0.1, 0.15) is 43.0 Å². The third kappa shape index (κ3) is 4.91. The molecule has 5 nitrogen and oxygen atoms in total. The number of hydrogen-bond donors (Lipinski definition) is 2. The van der Waals surface area contributed by atoms with Crippen LogP contribution in [-0.4, -0.2) is 43.6 Å². The van der Waals surface area contributed by atoms with Gasteiger partial charge in [-0.3, -0.25) is 4.79 Å². The number of ether oxygens (including phenoxy) is 1. The summed E-state index contributed by atoms with van der Waals surface area (Å²) in [6.07, 6.45) is 4.80. The molecule has 5 heteroatoms. The van der Waals surface area contributed by atoms with Gasteiger partial charge in [-0.25, -0.2) is 0 Å². The molecule has 1 saturated heterocycles. The first-order chi connectivity index (χ1) is 10.7. The Morgan fingerprint density at radius 2 is 2.09 bits per heavy atom. The number of nitrogen functional groups attached to an aromatic ring is 1. The molecule has 0 bridgehead atoms. The molecule has 0 unspecified atom stereocenters. The van der Waals surface area contributed by atoms with E-state index in [0.29, 0.717) is 30.2 Å². The fourth-order valence-electron chi connectivity index (χ4n) is 2.73. The van der Waals surface area contributed by atoms with E-state index in [1.165, 1.54) is 25.9 Å². The average Bonchev–Trinajstić information content (AvgIpc) is 3.02. The Kier molecular flexibility index (Phi) is 6.52. The lowest BCUT2D eigenvalue weighted by atomic mass is 10.1. The molecule has 3 N–H and O–H groups in total. The van der Waals surface area contributed by atoms with Gasteiger partial charge in [0, 0.05) is 12.1 Å². The van der Waals surface area contributed by atoms with Crippen LogP contribution in [0.2, 0.25) is 0 Å². The van der Waals surface area contributed by atoms with Crippen molar-refractivity contribution in [2.45, 2.75) is 32.6 Å². The van der Waals surface area contributed by atoms with Gasteiger partial charge < -0.3 is 20.7 Å². The quantitative estimate of drug-likeness (QED) is 0.571. The predicted molar refractivity (Wildman–Crippen MR) is 89.3 cm³/mol. The first kappa shape index (κ1) is 16.6. The zero-order valence-corrected chi connectivity index (χ0v) is 13.4. The Morgan fingerprint density at radius 1 is 1.32 bits per heavy atom. The van der Waals surface area contributed by atoms with E-state index in [2.05, 4.69) is 10.2 Å². The number of amides is 1. The average molecular weight is 305 g/mol. The van der Waals surface area contributed by atoms with Gasteiger partial charge in [-0.05, 0) is 70.4 Å². The molecule has 0 spiro atoms. The minimum atomic E-state index is -0.0675. The fourth-order valence-corrected chi connectivity index (χ4v) is 2.73. The second-order valence-electron chi connectivity index (χ2n) is 5.70. The Hall–Kier alpha value is -1.75. The number of nitrogens with one attached hydrogen (secondary N) is 1. The number of carbonyl (C=O) groups is 1. The molecule has 1 aliphatic heterocycles. The summed E-state index contributed by atoms with van der Waals surface area (Å²) in [4.78, 5) is 14.6. The zero-order chi connectivity index (χ0) is 15.8. The first-order valence-electron chi connectivity index (χ1n) is 8.23. The first-order valence-corrected chi connectivity index (χ1v) is 8.23. The molecule has 0 radical (unpaired) electrons. The van der Waals surface area contributed by atoms with E-state index in [1.807, 2.05) is 6.92 Å². The van der Waals surface area contributed by atoms with Gasteiger partial charge in [0.1, 0.15) is 5.75 Å². The van der Waals surface area contributed by atoms with Crippen LogP contribution in [0, 0.1) is 0 Å². The summed E-state index contributed by atoms with van der Waals surface area (Å²) in [5.41, 5.74) is 6.97. The minimum Gasteiger partial charge on any atom is -0.492 e. The summed E-state index contributed by atoms with van der Waals surface area (Å²) in [5, 5.41) is 2.96. The lowest BCUT2D eigenvalue weighted by Crippen LogP contribution is -2.26. The second-order valence-corrected chi connectivity index (χ2v) is 5.70. The Balaban J connectivity index is 1.71. The summed E-state index contributed by atoms with van der Waals surface area (Å²) in [6, 6.07) is 5.16. The van der Waals surface area contributed by atoms with Crippen molar-refractivity contribution in [2.75, 3.05) is 38.5 Å². The van der Waals surface area contributed by atoms with Gasteiger partial charge in [-0.15, -0.1) is 0 Å². The van der Waals surface area contributed by atoms with E-state index in [4.69, 9.17) is 10.5 Å². The fraction of sp³-hybridized carbons (Fsp3) is 0.588. The molecule has 1 aliphatic rings. The standard InChI is InChI=1S/C17H27N3O2/c1-2-22-16-13-14(7-8-15(16)18)17(21)19-9-3-4-10-20-11-5-6-12-20/h7-8,13H,2-6,9-12,18H2,1H3,(H,19,21). The smallest absolute Gasteiger partial charge is 0.251 e. The number of unbranched alkanes of at least 4 members (excludes halogenated alkanes) is 1. The number of nitrogens with two attached hydrogens (primary N) is 1. The highest BCUT2D eigenvalue weighted by atomic mass is 16.5. The lowest BCUT2D eigenvalue weighted by molar-refractivity contribution is 0.0952. The van der Waals surface area contributed by atoms with Crippen LogP contribution >= 0.6 is 0 Å². The van der Waals surface area contributed by atoms with Gasteiger partial charge >= 0.3 is 0 Å². The molecule has 0 atom stereocenters. The van der Waals surface area contributed by atoms with Crippen LogP contribution in [0.15, 0.2) is 18.2 Å². The molecular formula is C17H27N3O2. The molecule has 1 fully saturated rings. The van der Waals surface area contributed by atoms with Crippen molar-refractivity contribution in [1.82, 2.24) is 10.2 Å². The van der Waals surface area contributed by atoms with E-state index in [1.54, 1.807) is 18.2 Å². The summed E-state index contributed by atoms with van der Waals surface area (Å²) in [5.74, 6) is 0.506. The number of nitrogens with zero attached hydrogens (tertiary/aromatic N) is 1. The van der Waals surface area contributed by atoms with Crippen molar-refractivity contribution in [3.8, 4) is 5.75 Å². The third-order valence-corrected chi connectivity index (χ3v) is 3.96. The maximum Gasteiger partial charge on any atom is 0.251 e. The number of hydrogen-bond acceptors (Lipinski definition) is 4. The van der Waals surface area contributed by atoms with E-state index in [9.17, 15) is 4.79 Å². The van der Waals surface area contributed by atoms with Crippen molar-refractivity contribution >= 4 is 11.6 Å². The molecule has 0 aromatic heterocycles. The van der Waals surface area contributed by atoms with Gasteiger partial charge in [-0.1, -0.05) is 0 Å². The van der Waals surface area contributed by atoms with Gasteiger partial charge in [0.05, 0.1) is 12.3 Å². The van der Waals surface area contributed by atoms with Gasteiger partial charge in [0.25, 0.3) is 5.91 Å². The topological polar surface area (TPSA) is 67.6 Å². The highest BCUT2D eigenvalue weighted by Gasteiger charge is 2.11. The number of likely N-dealkylation sites (tertiary alicyclic amines) is 1. The highest BCUT2D eigenvalue weighted by molar-refractivity contribution is 5.95. The van der Waals surface area contributed by atoms with Gasteiger partial charge in [-0.2, -0.15) is 0 Å². The molecule has 1 aromatic rings. The van der Waals surface area contributed by atoms with Crippen molar-refractivity contribution < 1.29 is 9.53 Å². The summed E-state index contributed by atoms with van der Waals surface area (Å²) >= 11 is 0. The Labute approximate surface area is 132 Å². The SMILES string of the molecule is CCOc1cc(C(=O)NCCCCN2CCCC2)ccc1N. The van der Waals surface area contributed by atoms with Crippen LogP contribution < -0.4 is 15.8 Å². The molecule has 1 amide bonds.